The average molecular weight is 380 g/mol. The fraction of sp³-hybridized carbons (Fsp3) is 0.286. The van der Waals surface area contributed by atoms with Crippen molar-refractivity contribution in [2.75, 3.05) is 23.3 Å². The Bertz CT molecular complexity index is 1140. The number of hydrogen-bond acceptors (Lipinski definition) is 4. The Morgan fingerprint density at radius 3 is 2.00 bits per heavy atom. The molecule has 7 nitrogen and oxygen atoms in total. The monoisotopic (exact) mass is 380 g/mol. The van der Waals surface area contributed by atoms with Gasteiger partial charge in [0.1, 0.15) is 0 Å². The molecule has 0 fully saturated rings. The molecule has 0 unspecified atom stereocenters. The molecule has 0 aliphatic heterocycles. The minimum atomic E-state index is -0.606. The minimum absolute atomic E-state index is 0.233. The van der Waals surface area contributed by atoms with Gasteiger partial charge in [-0.15, -0.1) is 0 Å². The van der Waals surface area contributed by atoms with Crippen LogP contribution in [0.1, 0.15) is 24.2 Å². The van der Waals surface area contributed by atoms with Gasteiger partial charge in [-0.3, -0.25) is 14.4 Å². The van der Waals surface area contributed by atoms with Crippen molar-refractivity contribution in [1.29, 1.82) is 0 Å². The average Bonchev–Trinajstić information content (AvgIpc) is 2.72. The topological polar surface area (TPSA) is 76.3 Å². The van der Waals surface area contributed by atoms with Gasteiger partial charge in [-0.05, 0) is 38.1 Å². The highest BCUT2D eigenvalue weighted by atomic mass is 16.2. The van der Waals surface area contributed by atoms with Crippen LogP contribution in [0.2, 0.25) is 0 Å². The number of aryl methyl sites for hydroxylation is 2. The number of nitrogens with zero attached hydrogens (tertiary/aromatic N) is 3. The van der Waals surface area contributed by atoms with Crippen LogP contribution in [-0.4, -0.2) is 28.1 Å². The van der Waals surface area contributed by atoms with Gasteiger partial charge in [-0.1, -0.05) is 18.2 Å². The number of anilines is 2. The van der Waals surface area contributed by atoms with Crippen molar-refractivity contribution in [3.8, 4) is 0 Å². The molecule has 7 heteroatoms. The molecule has 2 aromatic carbocycles. The van der Waals surface area contributed by atoms with Crippen molar-refractivity contribution in [2.24, 2.45) is 14.1 Å². The number of benzene rings is 2. The molecule has 0 aliphatic rings. The fourth-order valence-electron chi connectivity index (χ4n) is 3.32. The van der Waals surface area contributed by atoms with Crippen LogP contribution in [-0.2, 0) is 14.1 Å². The Hall–Kier alpha value is -3.35. The summed E-state index contributed by atoms with van der Waals surface area (Å²) in [5, 5.41) is 2.97. The highest BCUT2D eigenvalue weighted by molar-refractivity contribution is 6.07. The van der Waals surface area contributed by atoms with E-state index in [4.69, 9.17) is 0 Å². The number of fused-ring (bicyclic) bond motifs is 1. The molecule has 0 spiro atoms. The lowest BCUT2D eigenvalue weighted by atomic mass is 10.1. The number of rotatable bonds is 5. The maximum absolute atomic E-state index is 12.7. The summed E-state index contributed by atoms with van der Waals surface area (Å²) in [6, 6.07) is 12.6. The van der Waals surface area contributed by atoms with Crippen molar-refractivity contribution < 1.29 is 4.79 Å². The second-order valence-corrected chi connectivity index (χ2v) is 6.58. The molecule has 3 aromatic rings. The molecule has 28 heavy (non-hydrogen) atoms. The molecule has 146 valence electrons. The second kappa shape index (κ2) is 7.72. The molecule has 0 radical (unpaired) electrons. The van der Waals surface area contributed by atoms with Crippen LogP contribution in [0.4, 0.5) is 11.4 Å². The maximum atomic E-state index is 12.7. The Labute approximate surface area is 162 Å². The predicted molar refractivity (Wildman–Crippen MR) is 112 cm³/mol. The van der Waals surface area contributed by atoms with E-state index in [-0.39, 0.29) is 5.91 Å². The first kappa shape index (κ1) is 19.4. The molecule has 1 amide bonds. The first-order chi connectivity index (χ1) is 13.4. The lowest BCUT2D eigenvalue weighted by molar-refractivity contribution is 0.102. The predicted octanol–water partition coefficient (Wildman–Crippen LogP) is 2.34. The van der Waals surface area contributed by atoms with Crippen molar-refractivity contribution in [1.82, 2.24) is 9.13 Å². The normalized spacial score (nSPS) is 10.9. The van der Waals surface area contributed by atoms with Crippen LogP contribution in [0.5, 0.6) is 0 Å². The zero-order valence-electron chi connectivity index (χ0n) is 16.5. The zero-order valence-corrected chi connectivity index (χ0v) is 16.5. The fourth-order valence-corrected chi connectivity index (χ4v) is 3.32. The van der Waals surface area contributed by atoms with E-state index in [0.29, 0.717) is 22.3 Å². The SMILES string of the molecule is CCN(CC)c1cc2c(cc1NC(=O)c1ccccc1)n(C)c(=O)c(=O)n2C. The number of hydrogen-bond donors (Lipinski definition) is 1. The van der Waals surface area contributed by atoms with Crippen molar-refractivity contribution in [2.45, 2.75) is 13.8 Å². The van der Waals surface area contributed by atoms with E-state index in [9.17, 15) is 14.4 Å². The summed E-state index contributed by atoms with van der Waals surface area (Å²) in [7, 11) is 3.15. The van der Waals surface area contributed by atoms with Gasteiger partial charge in [0.2, 0.25) is 0 Å². The third-order valence-corrected chi connectivity index (χ3v) is 5.00. The molecule has 0 saturated carbocycles. The summed E-state index contributed by atoms with van der Waals surface area (Å²) in [6.07, 6.45) is 0. The van der Waals surface area contributed by atoms with Crippen LogP contribution in [0, 0.1) is 0 Å². The van der Waals surface area contributed by atoms with Gasteiger partial charge in [0.25, 0.3) is 5.91 Å². The second-order valence-electron chi connectivity index (χ2n) is 6.58. The maximum Gasteiger partial charge on any atom is 0.316 e. The van der Waals surface area contributed by atoms with Crippen LogP contribution in [0.25, 0.3) is 11.0 Å². The molecule has 0 aliphatic carbocycles. The Morgan fingerprint density at radius 1 is 0.929 bits per heavy atom. The minimum Gasteiger partial charge on any atom is -0.370 e. The van der Waals surface area contributed by atoms with Crippen molar-refractivity contribution >= 4 is 28.3 Å². The molecule has 3 rings (SSSR count). The third-order valence-electron chi connectivity index (χ3n) is 5.00. The summed E-state index contributed by atoms with van der Waals surface area (Å²) in [6.45, 7) is 5.51. The standard InChI is InChI=1S/C21H24N4O3/c1-5-25(6-2)16-13-18-17(23(3)20(27)21(28)24(18)4)12-15(16)22-19(26)14-10-8-7-9-11-14/h7-13H,5-6H2,1-4H3,(H,22,26). The van der Waals surface area contributed by atoms with Gasteiger partial charge < -0.3 is 19.4 Å². The number of amides is 1. The van der Waals surface area contributed by atoms with E-state index in [2.05, 4.69) is 10.2 Å². The molecule has 0 saturated heterocycles. The highest BCUT2D eigenvalue weighted by Crippen LogP contribution is 2.31. The van der Waals surface area contributed by atoms with Gasteiger partial charge in [-0.25, -0.2) is 0 Å². The molecule has 1 aromatic heterocycles. The summed E-state index contributed by atoms with van der Waals surface area (Å²) in [4.78, 5) is 39.3. The largest absolute Gasteiger partial charge is 0.370 e. The Balaban J connectivity index is 2.24. The molecule has 1 heterocycles. The zero-order chi connectivity index (χ0) is 20.4. The quantitative estimate of drug-likeness (QED) is 0.690. The number of nitrogens with one attached hydrogen (secondary N) is 1. The van der Waals surface area contributed by atoms with Crippen molar-refractivity contribution in [3.05, 3.63) is 68.7 Å². The molecule has 0 bridgehead atoms. The number of carbonyl (C=O) groups excluding carboxylic acids is 1. The molecule has 0 atom stereocenters. The van der Waals surface area contributed by atoms with E-state index >= 15 is 0 Å². The van der Waals surface area contributed by atoms with Crippen LogP contribution < -0.4 is 21.3 Å². The molecular weight excluding hydrogens is 356 g/mol. The van der Waals surface area contributed by atoms with Crippen LogP contribution >= 0.6 is 0 Å². The lowest BCUT2D eigenvalue weighted by Crippen LogP contribution is -2.39. The van der Waals surface area contributed by atoms with Crippen LogP contribution in [0.3, 0.4) is 0 Å². The smallest absolute Gasteiger partial charge is 0.316 e. The van der Waals surface area contributed by atoms with E-state index < -0.39 is 11.1 Å². The Kier molecular flexibility index (Phi) is 5.35. The molecule has 1 N–H and O–H groups in total. The van der Waals surface area contributed by atoms with E-state index in [1.165, 1.54) is 9.13 Å². The van der Waals surface area contributed by atoms with Gasteiger partial charge in [-0.2, -0.15) is 0 Å². The lowest BCUT2D eigenvalue weighted by Gasteiger charge is -2.25. The van der Waals surface area contributed by atoms with Gasteiger partial charge in [0, 0.05) is 32.7 Å². The summed E-state index contributed by atoms with van der Waals surface area (Å²) < 4.78 is 2.68. The van der Waals surface area contributed by atoms with Gasteiger partial charge >= 0.3 is 11.1 Å². The molecular formula is C21H24N4O3. The summed E-state index contributed by atoms with van der Waals surface area (Å²) in [5.41, 5.74) is 1.96. The van der Waals surface area contributed by atoms with E-state index in [1.54, 1.807) is 44.4 Å². The first-order valence-corrected chi connectivity index (χ1v) is 9.24. The van der Waals surface area contributed by atoms with Crippen molar-refractivity contribution in [3.63, 3.8) is 0 Å². The van der Waals surface area contributed by atoms with E-state index in [0.717, 1.165) is 18.8 Å². The van der Waals surface area contributed by atoms with Crippen LogP contribution in [0.15, 0.2) is 52.1 Å². The Morgan fingerprint density at radius 2 is 1.46 bits per heavy atom. The third kappa shape index (κ3) is 3.31. The number of aromatic nitrogens is 2. The number of carbonyl (C=O) groups is 1. The van der Waals surface area contributed by atoms with Gasteiger partial charge in [0.05, 0.1) is 22.4 Å². The summed E-state index contributed by atoms with van der Waals surface area (Å²) in [5.74, 6) is -0.233. The van der Waals surface area contributed by atoms with E-state index in [1.807, 2.05) is 26.0 Å². The first-order valence-electron chi connectivity index (χ1n) is 9.24. The summed E-state index contributed by atoms with van der Waals surface area (Å²) >= 11 is 0. The highest BCUT2D eigenvalue weighted by Gasteiger charge is 2.17. The van der Waals surface area contributed by atoms with Gasteiger partial charge in [0.15, 0.2) is 0 Å².